The van der Waals surface area contributed by atoms with E-state index in [0.717, 1.165) is 50.3 Å². The molecule has 0 unspecified atom stereocenters. The molecule has 0 atom stereocenters. The van der Waals surface area contributed by atoms with Crippen LogP contribution in [0.1, 0.15) is 30.9 Å². The van der Waals surface area contributed by atoms with E-state index in [-0.39, 0.29) is 11.5 Å². The first-order chi connectivity index (χ1) is 12.7. The van der Waals surface area contributed by atoms with Crippen LogP contribution in [0.25, 0.3) is 0 Å². The highest BCUT2D eigenvalue weighted by molar-refractivity contribution is 5.78. The summed E-state index contributed by atoms with van der Waals surface area (Å²) in [6.07, 6.45) is 1.83. The van der Waals surface area contributed by atoms with Crippen LogP contribution in [0, 0.1) is 0 Å². The van der Waals surface area contributed by atoms with Gasteiger partial charge in [-0.05, 0) is 18.1 Å². The quantitative estimate of drug-likeness (QED) is 0.800. The Kier molecular flexibility index (Phi) is 7.02. The largest absolute Gasteiger partial charge is 0.381 e. The Hall–Kier alpha value is -1.47. The second-order valence-electron chi connectivity index (χ2n) is 7.04. The SMILES string of the molecule is CCOCc1ccccc1CNC(=O)CN1CCOC2(CCOCC2)C1. The summed E-state index contributed by atoms with van der Waals surface area (Å²) in [7, 11) is 0. The fourth-order valence-electron chi connectivity index (χ4n) is 3.64. The molecule has 2 aliphatic heterocycles. The topological polar surface area (TPSA) is 60.0 Å². The predicted molar refractivity (Wildman–Crippen MR) is 98.8 cm³/mol. The molecule has 1 spiro atoms. The summed E-state index contributed by atoms with van der Waals surface area (Å²) in [5.41, 5.74) is 2.11. The van der Waals surface area contributed by atoms with Gasteiger partial charge in [0, 0.05) is 52.3 Å². The average Bonchev–Trinajstić information content (AvgIpc) is 2.66. The van der Waals surface area contributed by atoms with E-state index in [2.05, 4.69) is 10.2 Å². The number of hydrogen-bond acceptors (Lipinski definition) is 5. The van der Waals surface area contributed by atoms with Gasteiger partial charge in [0.2, 0.25) is 5.91 Å². The van der Waals surface area contributed by atoms with Crippen LogP contribution in [0.15, 0.2) is 24.3 Å². The van der Waals surface area contributed by atoms with E-state index < -0.39 is 0 Å². The summed E-state index contributed by atoms with van der Waals surface area (Å²) in [6, 6.07) is 8.09. The minimum atomic E-state index is -0.124. The zero-order valence-electron chi connectivity index (χ0n) is 15.7. The highest BCUT2D eigenvalue weighted by Crippen LogP contribution is 2.28. The van der Waals surface area contributed by atoms with Crippen molar-refractivity contribution in [2.24, 2.45) is 0 Å². The Balaban J connectivity index is 1.48. The summed E-state index contributed by atoms with van der Waals surface area (Å²) < 4.78 is 17.0. The highest BCUT2D eigenvalue weighted by atomic mass is 16.5. The number of rotatable bonds is 7. The van der Waals surface area contributed by atoms with Crippen molar-refractivity contribution in [2.75, 3.05) is 46.1 Å². The molecule has 26 heavy (non-hydrogen) atoms. The monoisotopic (exact) mass is 362 g/mol. The minimum Gasteiger partial charge on any atom is -0.381 e. The molecule has 0 saturated carbocycles. The maximum absolute atomic E-state index is 12.4. The van der Waals surface area contributed by atoms with E-state index in [0.29, 0.717) is 32.9 Å². The average molecular weight is 362 g/mol. The molecule has 1 N–H and O–H groups in total. The van der Waals surface area contributed by atoms with Crippen molar-refractivity contribution in [3.05, 3.63) is 35.4 Å². The van der Waals surface area contributed by atoms with Crippen LogP contribution >= 0.6 is 0 Å². The second-order valence-corrected chi connectivity index (χ2v) is 7.04. The maximum Gasteiger partial charge on any atom is 0.234 e. The predicted octanol–water partition coefficient (Wildman–Crippen LogP) is 1.72. The smallest absolute Gasteiger partial charge is 0.234 e. The zero-order chi connectivity index (χ0) is 18.2. The van der Waals surface area contributed by atoms with E-state index in [1.54, 1.807) is 0 Å². The molecular weight excluding hydrogens is 332 g/mol. The number of nitrogens with one attached hydrogen (secondary N) is 1. The second kappa shape index (κ2) is 9.46. The maximum atomic E-state index is 12.4. The van der Waals surface area contributed by atoms with Gasteiger partial charge in [-0.2, -0.15) is 0 Å². The molecule has 0 bridgehead atoms. The molecule has 2 aliphatic rings. The molecule has 2 heterocycles. The molecule has 2 saturated heterocycles. The van der Waals surface area contributed by atoms with Gasteiger partial charge in [0.15, 0.2) is 0 Å². The van der Waals surface area contributed by atoms with E-state index >= 15 is 0 Å². The Morgan fingerprint density at radius 3 is 2.77 bits per heavy atom. The zero-order valence-corrected chi connectivity index (χ0v) is 15.7. The molecular formula is C20H30N2O4. The molecule has 1 aromatic rings. The van der Waals surface area contributed by atoms with Crippen LogP contribution in [-0.4, -0.2) is 62.5 Å². The number of amides is 1. The number of ether oxygens (including phenoxy) is 3. The number of carbonyl (C=O) groups excluding carboxylic acids is 1. The van der Waals surface area contributed by atoms with Crippen molar-refractivity contribution in [2.45, 2.75) is 38.5 Å². The summed E-state index contributed by atoms with van der Waals surface area (Å²) in [4.78, 5) is 14.6. The van der Waals surface area contributed by atoms with Crippen LogP contribution in [0.5, 0.6) is 0 Å². The molecule has 144 valence electrons. The van der Waals surface area contributed by atoms with Crippen molar-refractivity contribution in [1.82, 2.24) is 10.2 Å². The molecule has 6 nitrogen and oxygen atoms in total. The molecule has 0 aromatic heterocycles. The number of benzene rings is 1. The van der Waals surface area contributed by atoms with Crippen molar-refractivity contribution in [3.63, 3.8) is 0 Å². The first-order valence-corrected chi connectivity index (χ1v) is 9.56. The summed E-state index contributed by atoms with van der Waals surface area (Å²) >= 11 is 0. The molecule has 2 fully saturated rings. The summed E-state index contributed by atoms with van der Waals surface area (Å²) in [5, 5.41) is 3.05. The fraction of sp³-hybridized carbons (Fsp3) is 0.650. The molecule has 3 rings (SSSR count). The van der Waals surface area contributed by atoms with E-state index in [1.165, 1.54) is 0 Å². The molecule has 6 heteroatoms. The van der Waals surface area contributed by atoms with E-state index in [4.69, 9.17) is 14.2 Å². The van der Waals surface area contributed by atoms with Crippen LogP contribution in [0.2, 0.25) is 0 Å². The molecule has 0 radical (unpaired) electrons. The van der Waals surface area contributed by atoms with Crippen molar-refractivity contribution >= 4 is 5.91 Å². The Bertz CT molecular complexity index is 581. The van der Waals surface area contributed by atoms with Crippen LogP contribution < -0.4 is 5.32 Å². The summed E-state index contributed by atoms with van der Waals surface area (Å²) in [6.45, 7) is 7.99. The minimum absolute atomic E-state index is 0.0559. The van der Waals surface area contributed by atoms with Gasteiger partial charge < -0.3 is 19.5 Å². The van der Waals surface area contributed by atoms with Crippen molar-refractivity contribution in [3.8, 4) is 0 Å². The van der Waals surface area contributed by atoms with Gasteiger partial charge in [0.25, 0.3) is 0 Å². The van der Waals surface area contributed by atoms with E-state index in [1.807, 2.05) is 31.2 Å². The van der Waals surface area contributed by atoms with Gasteiger partial charge >= 0.3 is 0 Å². The molecule has 1 amide bonds. The number of hydrogen-bond donors (Lipinski definition) is 1. The van der Waals surface area contributed by atoms with Gasteiger partial charge in [-0.25, -0.2) is 0 Å². The van der Waals surface area contributed by atoms with Crippen LogP contribution in [0.4, 0.5) is 0 Å². The third-order valence-corrected chi connectivity index (χ3v) is 5.15. The fourth-order valence-corrected chi connectivity index (χ4v) is 3.64. The van der Waals surface area contributed by atoms with Gasteiger partial charge in [0.05, 0.1) is 25.4 Å². The molecule has 0 aliphatic carbocycles. The standard InChI is InChI=1S/C20H30N2O4/c1-2-24-15-18-6-4-3-5-17(18)13-21-19(23)14-22-9-12-26-20(16-22)7-10-25-11-8-20/h3-6H,2,7-16H2,1H3,(H,21,23). The lowest BCUT2D eigenvalue weighted by Gasteiger charge is -2.44. The first-order valence-electron chi connectivity index (χ1n) is 9.56. The highest BCUT2D eigenvalue weighted by Gasteiger charge is 2.38. The van der Waals surface area contributed by atoms with Crippen molar-refractivity contribution < 1.29 is 19.0 Å². The first kappa shape index (κ1) is 19.3. The van der Waals surface area contributed by atoms with Gasteiger partial charge in [-0.1, -0.05) is 24.3 Å². The third kappa shape index (κ3) is 5.27. The van der Waals surface area contributed by atoms with Crippen LogP contribution in [0.3, 0.4) is 0 Å². The lowest BCUT2D eigenvalue weighted by atomic mass is 9.92. The van der Waals surface area contributed by atoms with Gasteiger partial charge in [-0.3, -0.25) is 9.69 Å². The van der Waals surface area contributed by atoms with Crippen molar-refractivity contribution in [1.29, 1.82) is 0 Å². The Morgan fingerprint density at radius 2 is 2.00 bits per heavy atom. The Labute approximate surface area is 155 Å². The number of carbonyl (C=O) groups is 1. The number of nitrogens with zero attached hydrogens (tertiary/aromatic N) is 1. The van der Waals surface area contributed by atoms with Crippen LogP contribution in [-0.2, 0) is 32.2 Å². The van der Waals surface area contributed by atoms with Gasteiger partial charge in [-0.15, -0.1) is 0 Å². The lowest BCUT2D eigenvalue weighted by Crippen LogP contribution is -2.56. The normalized spacial score (nSPS) is 20.2. The van der Waals surface area contributed by atoms with E-state index in [9.17, 15) is 4.79 Å². The Morgan fingerprint density at radius 1 is 1.23 bits per heavy atom. The third-order valence-electron chi connectivity index (χ3n) is 5.15. The molecule has 1 aromatic carbocycles. The lowest BCUT2D eigenvalue weighted by molar-refractivity contribution is -0.156. The van der Waals surface area contributed by atoms with Gasteiger partial charge in [0.1, 0.15) is 0 Å². The summed E-state index contributed by atoms with van der Waals surface area (Å²) in [5.74, 6) is 0.0559. The number of morpholine rings is 1.